The summed E-state index contributed by atoms with van der Waals surface area (Å²) >= 11 is 0. The van der Waals surface area contributed by atoms with Gasteiger partial charge in [0.05, 0.1) is 5.56 Å². The van der Waals surface area contributed by atoms with Gasteiger partial charge in [-0.15, -0.1) is 0 Å². The van der Waals surface area contributed by atoms with Crippen LogP contribution in [0.15, 0.2) is 69.9 Å². The van der Waals surface area contributed by atoms with E-state index in [2.05, 4.69) is 46.6 Å². The number of rotatable bonds is 6. The summed E-state index contributed by atoms with van der Waals surface area (Å²) in [6.07, 6.45) is 2.96. The quantitative estimate of drug-likeness (QED) is 0.171. The second-order valence-electron chi connectivity index (χ2n) is 13.7. The number of H-pyrrole nitrogens is 1. The van der Waals surface area contributed by atoms with Gasteiger partial charge in [-0.1, -0.05) is 50.2 Å². The fourth-order valence-corrected chi connectivity index (χ4v) is 6.64. The van der Waals surface area contributed by atoms with Crippen molar-refractivity contribution in [2.75, 3.05) is 6.54 Å². The Morgan fingerprint density at radius 1 is 0.887 bits per heavy atom. The van der Waals surface area contributed by atoms with Crippen molar-refractivity contribution in [3.63, 3.8) is 0 Å². The number of nitrogens with zero attached hydrogens (tertiary/aromatic N) is 5. The standard InChI is InChI=1S/C36H38N10O7/c1-18(2)12-24-31(48)37-19(3)34-42-27(17-52-34)36(51)46-15-21(38-30(47)22-10-7-11-23-29(22)44-45-43-23)14-28(46)33(50)40-25(13-20-8-5-4-6-9-20)35-41-26(16-53-35)32(49)39-24/h4-11,16-19,21,24-25,28H,12-15H2,1-3H3,(H,37,48)(H,38,47)(H,39,49)(H,40,50)(H,43,44,45)/t19-,21+,24-,25+,28+/m1/s1. The van der Waals surface area contributed by atoms with E-state index in [4.69, 9.17) is 8.83 Å². The molecule has 5 amide bonds. The zero-order valence-corrected chi connectivity index (χ0v) is 29.2. The first kappa shape index (κ1) is 35.0. The smallest absolute Gasteiger partial charge is 0.276 e. The summed E-state index contributed by atoms with van der Waals surface area (Å²) in [6, 6.07) is 10.0. The predicted molar refractivity (Wildman–Crippen MR) is 186 cm³/mol. The van der Waals surface area contributed by atoms with Crippen LogP contribution in [0.4, 0.5) is 0 Å². The van der Waals surface area contributed by atoms with Gasteiger partial charge < -0.3 is 35.0 Å². The number of hydrogen-bond donors (Lipinski definition) is 5. The molecule has 2 aromatic carbocycles. The van der Waals surface area contributed by atoms with E-state index >= 15 is 0 Å². The molecule has 4 bridgehead atoms. The molecule has 17 nitrogen and oxygen atoms in total. The monoisotopic (exact) mass is 722 g/mol. The zero-order chi connectivity index (χ0) is 37.2. The number of amides is 5. The molecule has 5 N–H and O–H groups in total. The van der Waals surface area contributed by atoms with Gasteiger partial charge in [0.25, 0.3) is 17.7 Å². The first-order chi connectivity index (χ1) is 25.5. The van der Waals surface area contributed by atoms with Crippen molar-refractivity contribution in [1.29, 1.82) is 0 Å². The number of fused-ring (bicyclic) bond motifs is 6. The molecule has 3 aromatic heterocycles. The molecule has 5 heterocycles. The molecule has 0 radical (unpaired) electrons. The highest BCUT2D eigenvalue weighted by atomic mass is 16.3. The molecular formula is C36H38N10O7. The van der Waals surface area contributed by atoms with Crippen LogP contribution < -0.4 is 21.3 Å². The Balaban J connectivity index is 1.23. The summed E-state index contributed by atoms with van der Waals surface area (Å²) in [4.78, 5) is 78.9. The summed E-state index contributed by atoms with van der Waals surface area (Å²) in [5, 5.41) is 22.1. The Bertz CT molecular complexity index is 2160. The molecule has 0 spiro atoms. The Hall–Kier alpha value is -6.39. The topological polar surface area (TPSA) is 230 Å². The van der Waals surface area contributed by atoms with E-state index < -0.39 is 59.7 Å². The fraction of sp³-hybridized carbons (Fsp3) is 0.361. The number of benzene rings is 2. The lowest BCUT2D eigenvalue weighted by atomic mass is 10.0. The van der Waals surface area contributed by atoms with Gasteiger partial charge in [-0.3, -0.25) is 24.0 Å². The number of carbonyl (C=O) groups is 5. The molecule has 274 valence electrons. The van der Waals surface area contributed by atoms with Crippen molar-refractivity contribution >= 4 is 40.6 Å². The van der Waals surface area contributed by atoms with Gasteiger partial charge in [-0.25, -0.2) is 9.97 Å². The van der Waals surface area contributed by atoms with Gasteiger partial charge in [0.2, 0.25) is 23.6 Å². The van der Waals surface area contributed by atoms with Crippen LogP contribution in [0.2, 0.25) is 0 Å². The van der Waals surface area contributed by atoms with Crippen molar-refractivity contribution in [3.8, 4) is 0 Å². The number of aromatic amines is 1. The zero-order valence-electron chi connectivity index (χ0n) is 29.2. The van der Waals surface area contributed by atoms with Gasteiger partial charge in [-0.05, 0) is 43.4 Å². The molecule has 7 rings (SSSR count). The first-order valence-corrected chi connectivity index (χ1v) is 17.3. The van der Waals surface area contributed by atoms with Crippen LogP contribution in [-0.2, 0) is 16.0 Å². The van der Waals surface area contributed by atoms with Crippen molar-refractivity contribution < 1.29 is 32.8 Å². The molecule has 2 aliphatic heterocycles. The highest BCUT2D eigenvalue weighted by molar-refractivity contribution is 6.05. The maximum absolute atomic E-state index is 14.3. The Morgan fingerprint density at radius 3 is 2.43 bits per heavy atom. The highest BCUT2D eigenvalue weighted by Gasteiger charge is 2.43. The van der Waals surface area contributed by atoms with Crippen LogP contribution in [0.25, 0.3) is 11.0 Å². The second kappa shape index (κ2) is 14.7. The van der Waals surface area contributed by atoms with Crippen molar-refractivity contribution in [2.45, 2.75) is 70.2 Å². The summed E-state index contributed by atoms with van der Waals surface area (Å²) < 4.78 is 11.4. The van der Waals surface area contributed by atoms with Crippen LogP contribution in [0.3, 0.4) is 0 Å². The number of para-hydroxylation sites is 1. The number of aromatic nitrogens is 5. The minimum absolute atomic E-state index is 0.0323. The average molecular weight is 723 g/mol. The Kier molecular flexibility index (Phi) is 9.71. The maximum Gasteiger partial charge on any atom is 0.276 e. The molecule has 2 aliphatic rings. The van der Waals surface area contributed by atoms with E-state index in [9.17, 15) is 24.0 Å². The molecular weight excluding hydrogens is 684 g/mol. The third kappa shape index (κ3) is 7.49. The molecule has 1 fully saturated rings. The van der Waals surface area contributed by atoms with E-state index in [1.54, 1.807) is 25.1 Å². The summed E-state index contributed by atoms with van der Waals surface area (Å²) in [5.74, 6) is -2.58. The van der Waals surface area contributed by atoms with E-state index in [1.165, 1.54) is 17.4 Å². The molecule has 1 saturated heterocycles. The van der Waals surface area contributed by atoms with Crippen LogP contribution in [0.1, 0.15) is 94.4 Å². The van der Waals surface area contributed by atoms with Crippen molar-refractivity contribution in [3.05, 3.63) is 95.4 Å². The average Bonchev–Trinajstić information content (AvgIpc) is 3.97. The lowest BCUT2D eigenvalue weighted by molar-refractivity contribution is -0.126. The highest BCUT2D eigenvalue weighted by Crippen LogP contribution is 2.26. The molecule has 5 aromatic rings. The van der Waals surface area contributed by atoms with Gasteiger partial charge in [-0.2, -0.15) is 15.4 Å². The van der Waals surface area contributed by atoms with Crippen molar-refractivity contribution in [2.24, 2.45) is 5.92 Å². The SMILES string of the molecule is CC(C)C[C@H]1NC(=O)c2coc(n2)[C@H](Cc2ccccc2)NC(=O)[C@@H]2C[C@H](NC(=O)c3cccc4n[nH]nc34)CN2C(=O)c2coc(n2)[C@@H](C)NC1=O. The lowest BCUT2D eigenvalue weighted by Gasteiger charge is -2.25. The molecule has 5 atom stereocenters. The summed E-state index contributed by atoms with van der Waals surface area (Å²) in [5.41, 5.74) is 1.83. The van der Waals surface area contributed by atoms with Crippen LogP contribution in [-0.4, -0.2) is 84.5 Å². The normalized spacial score (nSPS) is 22.5. The number of oxazole rings is 2. The Morgan fingerprint density at radius 2 is 1.64 bits per heavy atom. The van der Waals surface area contributed by atoms with E-state index in [0.29, 0.717) is 17.5 Å². The summed E-state index contributed by atoms with van der Waals surface area (Å²) in [7, 11) is 0. The number of hydrogen-bond acceptors (Lipinski definition) is 11. The predicted octanol–water partition coefficient (Wildman–Crippen LogP) is 2.38. The lowest BCUT2D eigenvalue weighted by Crippen LogP contribution is -2.48. The van der Waals surface area contributed by atoms with Crippen LogP contribution in [0.5, 0.6) is 0 Å². The van der Waals surface area contributed by atoms with E-state index in [0.717, 1.165) is 5.56 Å². The molecule has 0 saturated carbocycles. The fourth-order valence-electron chi connectivity index (χ4n) is 6.64. The maximum atomic E-state index is 14.3. The van der Waals surface area contributed by atoms with Gasteiger partial charge in [0, 0.05) is 19.0 Å². The van der Waals surface area contributed by atoms with Crippen molar-refractivity contribution in [1.82, 2.24) is 51.5 Å². The van der Waals surface area contributed by atoms with Gasteiger partial charge in [0.1, 0.15) is 47.7 Å². The third-order valence-corrected chi connectivity index (χ3v) is 9.24. The van der Waals surface area contributed by atoms with Crippen LogP contribution >= 0.6 is 0 Å². The number of carbonyl (C=O) groups excluding carboxylic acids is 5. The second-order valence-corrected chi connectivity index (χ2v) is 13.7. The van der Waals surface area contributed by atoms with Gasteiger partial charge in [0.15, 0.2) is 11.4 Å². The minimum Gasteiger partial charge on any atom is -0.446 e. The summed E-state index contributed by atoms with van der Waals surface area (Å²) in [6.45, 7) is 5.44. The minimum atomic E-state index is -1.07. The van der Waals surface area contributed by atoms with E-state index in [-0.39, 0.29) is 54.0 Å². The Labute approximate surface area is 302 Å². The molecule has 0 aliphatic carbocycles. The molecule has 53 heavy (non-hydrogen) atoms. The molecule has 17 heteroatoms. The number of nitrogens with one attached hydrogen (secondary N) is 5. The first-order valence-electron chi connectivity index (χ1n) is 17.3. The largest absolute Gasteiger partial charge is 0.446 e. The van der Waals surface area contributed by atoms with E-state index in [1.807, 2.05) is 44.2 Å². The van der Waals surface area contributed by atoms with Crippen LogP contribution in [0, 0.1) is 5.92 Å². The molecule has 0 unspecified atom stereocenters. The van der Waals surface area contributed by atoms with Gasteiger partial charge >= 0.3 is 0 Å². The third-order valence-electron chi connectivity index (χ3n) is 9.24.